The first-order valence-electron chi connectivity index (χ1n) is 8.72. The summed E-state index contributed by atoms with van der Waals surface area (Å²) in [5.74, 6) is 0. The van der Waals surface area contributed by atoms with Crippen molar-refractivity contribution < 1.29 is 0 Å². The van der Waals surface area contributed by atoms with Gasteiger partial charge >= 0.3 is 0 Å². The number of nitriles is 1. The fourth-order valence-corrected chi connectivity index (χ4v) is 2.66. The fourth-order valence-electron chi connectivity index (χ4n) is 2.66. The summed E-state index contributed by atoms with van der Waals surface area (Å²) in [6, 6.07) is 9.96. The second-order valence-electron chi connectivity index (χ2n) is 5.89. The average Bonchev–Trinajstić information content (AvgIpc) is 2.55. The van der Waals surface area contributed by atoms with Crippen molar-refractivity contribution in [2.24, 2.45) is 0 Å². The van der Waals surface area contributed by atoms with Crippen LogP contribution < -0.4 is 5.32 Å². The van der Waals surface area contributed by atoms with Gasteiger partial charge in [0.25, 0.3) is 0 Å². The molecule has 1 aromatic carbocycles. The molecule has 0 saturated heterocycles. The molecule has 22 heavy (non-hydrogen) atoms. The molecule has 1 N–H and O–H groups in total. The van der Waals surface area contributed by atoms with Crippen LogP contribution >= 0.6 is 0 Å². The third-order valence-electron chi connectivity index (χ3n) is 3.82. The van der Waals surface area contributed by atoms with Crippen LogP contribution in [0, 0.1) is 11.3 Å². The minimum Gasteiger partial charge on any atom is -0.313 e. The molecule has 0 amide bonds. The Morgan fingerprint density at radius 2 is 1.64 bits per heavy atom. The lowest BCUT2D eigenvalue weighted by atomic mass is 10.1. The Balaban J connectivity index is 2.04. The summed E-state index contributed by atoms with van der Waals surface area (Å²) in [6.45, 7) is 10.2. The van der Waals surface area contributed by atoms with Gasteiger partial charge in [-0.2, -0.15) is 5.26 Å². The molecule has 0 aliphatic carbocycles. The summed E-state index contributed by atoms with van der Waals surface area (Å²) in [7, 11) is 0. The van der Waals surface area contributed by atoms with E-state index in [1.54, 1.807) is 0 Å². The summed E-state index contributed by atoms with van der Waals surface area (Å²) >= 11 is 0. The fraction of sp³-hybridized carbons (Fsp3) is 0.632. The molecule has 0 radical (unpaired) electrons. The molecule has 1 aromatic rings. The van der Waals surface area contributed by atoms with E-state index in [2.05, 4.69) is 30.1 Å². The number of benzene rings is 1. The van der Waals surface area contributed by atoms with Crippen molar-refractivity contribution in [1.29, 1.82) is 5.26 Å². The van der Waals surface area contributed by atoms with Gasteiger partial charge in [0.15, 0.2) is 0 Å². The van der Waals surface area contributed by atoms with Crippen LogP contribution in [-0.2, 0) is 6.54 Å². The summed E-state index contributed by atoms with van der Waals surface area (Å²) in [4.78, 5) is 2.59. The van der Waals surface area contributed by atoms with E-state index in [1.165, 1.54) is 57.3 Å². The van der Waals surface area contributed by atoms with Gasteiger partial charge in [-0.1, -0.05) is 32.4 Å². The molecular formula is C19H31N3. The van der Waals surface area contributed by atoms with Gasteiger partial charge in [-0.05, 0) is 69.6 Å². The molecule has 0 saturated carbocycles. The van der Waals surface area contributed by atoms with Crippen molar-refractivity contribution in [3.63, 3.8) is 0 Å². The van der Waals surface area contributed by atoms with E-state index in [0.717, 1.165) is 18.7 Å². The van der Waals surface area contributed by atoms with Crippen LogP contribution in [0.25, 0.3) is 0 Å². The van der Waals surface area contributed by atoms with Crippen LogP contribution in [0.2, 0.25) is 0 Å². The van der Waals surface area contributed by atoms with Crippen molar-refractivity contribution in [2.45, 2.75) is 52.5 Å². The van der Waals surface area contributed by atoms with Crippen LogP contribution in [0.1, 0.15) is 57.1 Å². The standard InChI is InChI=1S/C19H31N3/c1-3-13-22(14-4-2)15-7-5-6-12-21-17-19-10-8-18(16-20)9-11-19/h8-11,21H,3-7,12-15,17H2,1-2H3. The Labute approximate surface area is 136 Å². The molecule has 0 fully saturated rings. The van der Waals surface area contributed by atoms with E-state index in [4.69, 9.17) is 5.26 Å². The molecule has 1 rings (SSSR count). The Kier molecular flexibility index (Phi) is 10.4. The normalized spacial score (nSPS) is 10.8. The maximum Gasteiger partial charge on any atom is 0.0991 e. The van der Waals surface area contributed by atoms with E-state index in [-0.39, 0.29) is 0 Å². The first kappa shape index (κ1) is 18.7. The molecule has 0 bridgehead atoms. The molecule has 3 nitrogen and oxygen atoms in total. The summed E-state index contributed by atoms with van der Waals surface area (Å²) in [5, 5.41) is 12.2. The van der Waals surface area contributed by atoms with Crippen molar-refractivity contribution in [2.75, 3.05) is 26.2 Å². The maximum absolute atomic E-state index is 8.76. The molecule has 0 unspecified atom stereocenters. The molecule has 0 aliphatic heterocycles. The zero-order valence-corrected chi connectivity index (χ0v) is 14.3. The number of hydrogen-bond donors (Lipinski definition) is 1. The topological polar surface area (TPSA) is 39.1 Å². The SMILES string of the molecule is CCCN(CCC)CCCCCNCc1ccc(C#N)cc1. The lowest BCUT2D eigenvalue weighted by Crippen LogP contribution is -2.26. The third kappa shape index (κ3) is 8.17. The lowest BCUT2D eigenvalue weighted by molar-refractivity contribution is 0.268. The van der Waals surface area contributed by atoms with Crippen molar-refractivity contribution in [3.8, 4) is 6.07 Å². The maximum atomic E-state index is 8.76. The molecule has 0 aromatic heterocycles. The smallest absolute Gasteiger partial charge is 0.0991 e. The first-order chi connectivity index (χ1) is 10.8. The van der Waals surface area contributed by atoms with Crippen LogP contribution in [0.3, 0.4) is 0 Å². The summed E-state index contributed by atoms with van der Waals surface area (Å²) in [5.41, 5.74) is 1.98. The molecule has 0 spiro atoms. The largest absolute Gasteiger partial charge is 0.313 e. The Morgan fingerprint density at radius 3 is 2.23 bits per heavy atom. The predicted octanol–water partition coefficient (Wildman–Crippen LogP) is 3.94. The second kappa shape index (κ2) is 12.2. The highest BCUT2D eigenvalue weighted by Crippen LogP contribution is 2.04. The number of rotatable bonds is 12. The van der Waals surface area contributed by atoms with Gasteiger partial charge in [-0.3, -0.25) is 0 Å². The van der Waals surface area contributed by atoms with E-state index >= 15 is 0 Å². The zero-order valence-electron chi connectivity index (χ0n) is 14.3. The second-order valence-corrected chi connectivity index (χ2v) is 5.89. The van der Waals surface area contributed by atoms with Gasteiger partial charge < -0.3 is 10.2 Å². The average molecular weight is 301 g/mol. The molecule has 122 valence electrons. The van der Waals surface area contributed by atoms with Gasteiger partial charge in [0.05, 0.1) is 11.6 Å². The molecular weight excluding hydrogens is 270 g/mol. The molecule has 0 aliphatic rings. The highest BCUT2D eigenvalue weighted by atomic mass is 15.1. The summed E-state index contributed by atoms with van der Waals surface area (Å²) < 4.78 is 0. The zero-order chi connectivity index (χ0) is 16.0. The summed E-state index contributed by atoms with van der Waals surface area (Å²) in [6.07, 6.45) is 6.35. The molecule has 0 heterocycles. The lowest BCUT2D eigenvalue weighted by Gasteiger charge is -2.20. The Bertz CT molecular complexity index is 413. The monoisotopic (exact) mass is 301 g/mol. The van der Waals surface area contributed by atoms with Gasteiger partial charge in [-0.15, -0.1) is 0 Å². The van der Waals surface area contributed by atoms with Crippen LogP contribution in [0.15, 0.2) is 24.3 Å². The number of nitrogens with zero attached hydrogens (tertiary/aromatic N) is 2. The third-order valence-corrected chi connectivity index (χ3v) is 3.82. The van der Waals surface area contributed by atoms with E-state index in [9.17, 15) is 0 Å². The first-order valence-corrected chi connectivity index (χ1v) is 8.72. The van der Waals surface area contributed by atoms with Gasteiger partial charge in [0.1, 0.15) is 0 Å². The van der Waals surface area contributed by atoms with Crippen LogP contribution in [0.4, 0.5) is 0 Å². The molecule has 3 heteroatoms. The van der Waals surface area contributed by atoms with E-state index in [1.807, 2.05) is 24.3 Å². The highest BCUT2D eigenvalue weighted by molar-refractivity contribution is 5.31. The minimum atomic E-state index is 0.729. The van der Waals surface area contributed by atoms with Gasteiger partial charge in [0.2, 0.25) is 0 Å². The van der Waals surface area contributed by atoms with Gasteiger partial charge in [0, 0.05) is 6.54 Å². The minimum absolute atomic E-state index is 0.729. The predicted molar refractivity (Wildman–Crippen MR) is 93.7 cm³/mol. The van der Waals surface area contributed by atoms with Crippen LogP contribution in [-0.4, -0.2) is 31.1 Å². The van der Waals surface area contributed by atoms with Crippen molar-refractivity contribution in [3.05, 3.63) is 35.4 Å². The van der Waals surface area contributed by atoms with E-state index < -0.39 is 0 Å². The Hall–Kier alpha value is -1.37. The van der Waals surface area contributed by atoms with Gasteiger partial charge in [-0.25, -0.2) is 0 Å². The molecule has 0 atom stereocenters. The number of nitrogens with one attached hydrogen (secondary N) is 1. The number of hydrogen-bond acceptors (Lipinski definition) is 3. The van der Waals surface area contributed by atoms with E-state index in [0.29, 0.717) is 0 Å². The quantitative estimate of drug-likeness (QED) is 0.594. The highest BCUT2D eigenvalue weighted by Gasteiger charge is 2.01. The van der Waals surface area contributed by atoms with Crippen molar-refractivity contribution in [1.82, 2.24) is 10.2 Å². The Morgan fingerprint density at radius 1 is 0.955 bits per heavy atom. The van der Waals surface area contributed by atoms with Crippen LogP contribution in [0.5, 0.6) is 0 Å². The number of unbranched alkanes of at least 4 members (excludes halogenated alkanes) is 2. The van der Waals surface area contributed by atoms with Crippen molar-refractivity contribution >= 4 is 0 Å².